The third-order valence-electron chi connectivity index (χ3n) is 2.06. The average molecular weight is 198 g/mol. The van der Waals surface area contributed by atoms with Crippen molar-refractivity contribution in [3.05, 3.63) is 12.7 Å². The normalized spacial score (nSPS) is 14.5. The van der Waals surface area contributed by atoms with Crippen molar-refractivity contribution in [1.82, 2.24) is 10.6 Å². The van der Waals surface area contributed by atoms with E-state index in [9.17, 15) is 4.79 Å². The SMILES string of the molecule is C=CCC(C)NC(=O)C(C)CNCC. The summed E-state index contributed by atoms with van der Waals surface area (Å²) in [5.74, 6) is 0.141. The molecule has 3 heteroatoms. The summed E-state index contributed by atoms with van der Waals surface area (Å²) < 4.78 is 0. The molecule has 14 heavy (non-hydrogen) atoms. The summed E-state index contributed by atoms with van der Waals surface area (Å²) in [5, 5.41) is 6.09. The molecule has 0 aromatic carbocycles. The lowest BCUT2D eigenvalue weighted by Crippen LogP contribution is -2.39. The monoisotopic (exact) mass is 198 g/mol. The Balaban J connectivity index is 3.76. The summed E-state index contributed by atoms with van der Waals surface area (Å²) in [5.41, 5.74) is 0. The molecule has 0 aliphatic carbocycles. The van der Waals surface area contributed by atoms with Gasteiger partial charge in [0.2, 0.25) is 5.91 Å². The van der Waals surface area contributed by atoms with Crippen molar-refractivity contribution in [3.8, 4) is 0 Å². The Morgan fingerprint density at radius 1 is 1.50 bits per heavy atom. The first-order valence-corrected chi connectivity index (χ1v) is 5.23. The van der Waals surface area contributed by atoms with E-state index in [1.165, 1.54) is 0 Å². The maximum Gasteiger partial charge on any atom is 0.224 e. The zero-order valence-corrected chi connectivity index (χ0v) is 9.47. The van der Waals surface area contributed by atoms with Crippen LogP contribution in [0.5, 0.6) is 0 Å². The van der Waals surface area contributed by atoms with Crippen molar-refractivity contribution in [2.75, 3.05) is 13.1 Å². The number of hydrogen-bond donors (Lipinski definition) is 2. The first-order valence-electron chi connectivity index (χ1n) is 5.23. The second-order valence-electron chi connectivity index (χ2n) is 3.64. The van der Waals surface area contributed by atoms with Crippen LogP contribution in [-0.2, 0) is 4.79 Å². The Labute approximate surface area is 87.0 Å². The van der Waals surface area contributed by atoms with Crippen LogP contribution >= 0.6 is 0 Å². The van der Waals surface area contributed by atoms with E-state index >= 15 is 0 Å². The Morgan fingerprint density at radius 3 is 2.64 bits per heavy atom. The summed E-state index contributed by atoms with van der Waals surface area (Å²) in [7, 11) is 0. The third kappa shape index (κ3) is 5.75. The molecule has 82 valence electrons. The molecule has 2 unspecified atom stereocenters. The van der Waals surface area contributed by atoms with Gasteiger partial charge in [0.15, 0.2) is 0 Å². The van der Waals surface area contributed by atoms with Crippen LogP contribution in [0.15, 0.2) is 12.7 Å². The highest BCUT2D eigenvalue weighted by atomic mass is 16.1. The molecule has 0 heterocycles. The minimum Gasteiger partial charge on any atom is -0.353 e. The summed E-state index contributed by atoms with van der Waals surface area (Å²) >= 11 is 0. The molecule has 2 atom stereocenters. The number of nitrogens with one attached hydrogen (secondary N) is 2. The van der Waals surface area contributed by atoms with Crippen LogP contribution < -0.4 is 10.6 Å². The molecule has 0 fully saturated rings. The summed E-state index contributed by atoms with van der Waals surface area (Å²) in [4.78, 5) is 11.5. The van der Waals surface area contributed by atoms with Crippen LogP contribution in [0.4, 0.5) is 0 Å². The molecular weight excluding hydrogens is 176 g/mol. The van der Waals surface area contributed by atoms with Crippen LogP contribution in [0.25, 0.3) is 0 Å². The second kappa shape index (κ2) is 7.56. The standard InChI is InChI=1S/C11H22N2O/c1-5-7-10(4)13-11(14)9(3)8-12-6-2/h5,9-10,12H,1,6-8H2,2-4H3,(H,13,14). The maximum absolute atomic E-state index is 11.5. The van der Waals surface area contributed by atoms with Crippen LogP contribution in [-0.4, -0.2) is 25.0 Å². The van der Waals surface area contributed by atoms with E-state index in [0.717, 1.165) is 19.5 Å². The number of amides is 1. The van der Waals surface area contributed by atoms with E-state index in [1.807, 2.05) is 26.8 Å². The smallest absolute Gasteiger partial charge is 0.224 e. The Hall–Kier alpha value is -0.830. The van der Waals surface area contributed by atoms with E-state index in [4.69, 9.17) is 0 Å². The Bertz CT molecular complexity index is 180. The van der Waals surface area contributed by atoms with Gasteiger partial charge in [0.25, 0.3) is 0 Å². The second-order valence-corrected chi connectivity index (χ2v) is 3.64. The molecule has 2 N–H and O–H groups in total. The Morgan fingerprint density at radius 2 is 2.14 bits per heavy atom. The zero-order valence-electron chi connectivity index (χ0n) is 9.47. The van der Waals surface area contributed by atoms with Crippen LogP contribution in [0.1, 0.15) is 27.2 Å². The van der Waals surface area contributed by atoms with E-state index in [2.05, 4.69) is 17.2 Å². The van der Waals surface area contributed by atoms with Gasteiger partial charge in [-0.3, -0.25) is 4.79 Å². The lowest BCUT2D eigenvalue weighted by molar-refractivity contribution is -0.124. The van der Waals surface area contributed by atoms with E-state index in [0.29, 0.717) is 0 Å². The maximum atomic E-state index is 11.5. The largest absolute Gasteiger partial charge is 0.353 e. The van der Waals surface area contributed by atoms with Crippen molar-refractivity contribution in [1.29, 1.82) is 0 Å². The van der Waals surface area contributed by atoms with Gasteiger partial charge in [0, 0.05) is 18.5 Å². The fourth-order valence-electron chi connectivity index (χ4n) is 1.15. The number of carbonyl (C=O) groups is 1. The zero-order chi connectivity index (χ0) is 11.0. The number of carbonyl (C=O) groups excluding carboxylic acids is 1. The molecule has 0 spiro atoms. The predicted octanol–water partition coefficient (Wildman–Crippen LogP) is 1.31. The summed E-state index contributed by atoms with van der Waals surface area (Å²) in [6.07, 6.45) is 2.64. The van der Waals surface area contributed by atoms with Gasteiger partial charge in [0.05, 0.1) is 0 Å². The van der Waals surface area contributed by atoms with Crippen LogP contribution in [0.2, 0.25) is 0 Å². The summed E-state index contributed by atoms with van der Waals surface area (Å²) in [6, 6.07) is 0.184. The molecule has 0 aliphatic heterocycles. The van der Waals surface area contributed by atoms with Crippen molar-refractivity contribution in [2.24, 2.45) is 5.92 Å². The molecule has 0 aliphatic rings. The fourth-order valence-corrected chi connectivity index (χ4v) is 1.15. The van der Waals surface area contributed by atoms with Gasteiger partial charge in [-0.05, 0) is 19.9 Å². The third-order valence-corrected chi connectivity index (χ3v) is 2.06. The highest BCUT2D eigenvalue weighted by molar-refractivity contribution is 5.78. The molecule has 1 amide bonds. The fraction of sp³-hybridized carbons (Fsp3) is 0.727. The number of rotatable bonds is 7. The van der Waals surface area contributed by atoms with Gasteiger partial charge < -0.3 is 10.6 Å². The lowest BCUT2D eigenvalue weighted by Gasteiger charge is -2.16. The first kappa shape index (κ1) is 13.2. The molecule has 0 radical (unpaired) electrons. The molecular formula is C11H22N2O. The van der Waals surface area contributed by atoms with Gasteiger partial charge in [-0.15, -0.1) is 6.58 Å². The van der Waals surface area contributed by atoms with Gasteiger partial charge >= 0.3 is 0 Å². The topological polar surface area (TPSA) is 41.1 Å². The van der Waals surface area contributed by atoms with E-state index < -0.39 is 0 Å². The predicted molar refractivity (Wildman–Crippen MR) is 60.1 cm³/mol. The van der Waals surface area contributed by atoms with E-state index in [-0.39, 0.29) is 17.9 Å². The molecule has 0 bridgehead atoms. The Kier molecular flexibility index (Phi) is 7.11. The molecule has 0 aromatic heterocycles. The minimum atomic E-state index is 0.0298. The first-order chi connectivity index (χ1) is 6.61. The highest BCUT2D eigenvalue weighted by Gasteiger charge is 2.13. The van der Waals surface area contributed by atoms with Gasteiger partial charge in [-0.2, -0.15) is 0 Å². The average Bonchev–Trinajstić information content (AvgIpc) is 2.14. The molecule has 0 saturated heterocycles. The van der Waals surface area contributed by atoms with Crippen LogP contribution in [0.3, 0.4) is 0 Å². The molecule has 0 aromatic rings. The van der Waals surface area contributed by atoms with Crippen LogP contribution in [0, 0.1) is 5.92 Å². The molecule has 3 nitrogen and oxygen atoms in total. The van der Waals surface area contributed by atoms with Crippen molar-refractivity contribution in [2.45, 2.75) is 33.2 Å². The highest BCUT2D eigenvalue weighted by Crippen LogP contribution is 1.96. The molecule has 0 saturated carbocycles. The number of hydrogen-bond acceptors (Lipinski definition) is 2. The van der Waals surface area contributed by atoms with Crippen molar-refractivity contribution in [3.63, 3.8) is 0 Å². The lowest BCUT2D eigenvalue weighted by atomic mass is 10.1. The van der Waals surface area contributed by atoms with Crippen molar-refractivity contribution < 1.29 is 4.79 Å². The van der Waals surface area contributed by atoms with E-state index in [1.54, 1.807) is 0 Å². The summed E-state index contributed by atoms with van der Waals surface area (Å²) in [6.45, 7) is 11.2. The molecule has 0 rings (SSSR count). The van der Waals surface area contributed by atoms with Gasteiger partial charge in [-0.25, -0.2) is 0 Å². The van der Waals surface area contributed by atoms with Crippen molar-refractivity contribution >= 4 is 5.91 Å². The van der Waals surface area contributed by atoms with Gasteiger partial charge in [-0.1, -0.05) is 19.9 Å². The van der Waals surface area contributed by atoms with Gasteiger partial charge in [0.1, 0.15) is 0 Å². The quantitative estimate of drug-likeness (QED) is 0.606. The minimum absolute atomic E-state index is 0.0298.